The standard InChI is InChI=1S/C21H35NO4S2/c1-14(2)17-12-19(15(3)4)21(20(13-17)16(5)6)28(25,26)22-10-8-18(9-11-22)27(7,23)24/h12-16,18H,8-11H2,1-7H3. The lowest BCUT2D eigenvalue weighted by molar-refractivity contribution is 0.345. The Hall–Kier alpha value is -0.920. The number of piperidine rings is 1. The first-order valence-corrected chi connectivity index (χ1v) is 13.5. The van der Waals surface area contributed by atoms with E-state index in [0.717, 1.165) is 16.7 Å². The third kappa shape index (κ3) is 4.79. The highest BCUT2D eigenvalue weighted by Crippen LogP contribution is 2.37. The molecule has 5 nitrogen and oxygen atoms in total. The van der Waals surface area contributed by atoms with Gasteiger partial charge in [-0.3, -0.25) is 0 Å². The van der Waals surface area contributed by atoms with Crippen molar-refractivity contribution in [2.45, 2.75) is 82.3 Å². The summed E-state index contributed by atoms with van der Waals surface area (Å²) in [5.41, 5.74) is 2.88. The van der Waals surface area contributed by atoms with Gasteiger partial charge in [-0.2, -0.15) is 4.31 Å². The van der Waals surface area contributed by atoms with E-state index in [9.17, 15) is 16.8 Å². The molecule has 1 aliphatic heterocycles. The van der Waals surface area contributed by atoms with Crippen LogP contribution in [0, 0.1) is 0 Å². The number of benzene rings is 1. The van der Waals surface area contributed by atoms with E-state index in [1.54, 1.807) is 0 Å². The van der Waals surface area contributed by atoms with E-state index in [1.807, 2.05) is 39.8 Å². The van der Waals surface area contributed by atoms with Crippen molar-refractivity contribution in [3.05, 3.63) is 28.8 Å². The van der Waals surface area contributed by atoms with Crippen molar-refractivity contribution in [3.63, 3.8) is 0 Å². The van der Waals surface area contributed by atoms with Crippen LogP contribution in [-0.2, 0) is 19.9 Å². The quantitative estimate of drug-likeness (QED) is 0.677. The van der Waals surface area contributed by atoms with Crippen molar-refractivity contribution in [2.75, 3.05) is 19.3 Å². The molecule has 1 aliphatic rings. The molecule has 1 saturated heterocycles. The number of sulfone groups is 1. The first-order chi connectivity index (χ1) is 12.8. The van der Waals surface area contributed by atoms with Crippen LogP contribution >= 0.6 is 0 Å². The molecule has 1 aromatic rings. The summed E-state index contributed by atoms with van der Waals surface area (Å²) in [4.78, 5) is 0.430. The molecular formula is C21H35NO4S2. The maximum absolute atomic E-state index is 13.7. The summed E-state index contributed by atoms with van der Waals surface area (Å²) < 4.78 is 52.5. The van der Waals surface area contributed by atoms with E-state index in [1.165, 1.54) is 10.6 Å². The summed E-state index contributed by atoms with van der Waals surface area (Å²) in [5, 5.41) is -0.448. The van der Waals surface area contributed by atoms with Crippen molar-refractivity contribution < 1.29 is 16.8 Å². The second kappa shape index (κ2) is 8.44. The van der Waals surface area contributed by atoms with Crippen LogP contribution in [0.1, 0.15) is 88.8 Å². The highest BCUT2D eigenvalue weighted by Gasteiger charge is 2.36. The van der Waals surface area contributed by atoms with Crippen molar-refractivity contribution in [3.8, 4) is 0 Å². The van der Waals surface area contributed by atoms with E-state index in [2.05, 4.69) is 13.8 Å². The van der Waals surface area contributed by atoms with E-state index < -0.39 is 25.1 Å². The Morgan fingerprint density at radius 2 is 1.25 bits per heavy atom. The van der Waals surface area contributed by atoms with E-state index in [4.69, 9.17) is 0 Å². The average molecular weight is 430 g/mol. The summed E-state index contributed by atoms with van der Waals surface area (Å²) in [5.74, 6) is 0.473. The summed E-state index contributed by atoms with van der Waals surface area (Å²) in [6, 6.07) is 4.08. The molecule has 1 aromatic carbocycles. The molecule has 1 heterocycles. The molecule has 0 N–H and O–H groups in total. The van der Waals surface area contributed by atoms with Gasteiger partial charge in [-0.1, -0.05) is 53.7 Å². The van der Waals surface area contributed by atoms with Gasteiger partial charge in [0.15, 0.2) is 0 Å². The van der Waals surface area contributed by atoms with Crippen molar-refractivity contribution in [2.24, 2.45) is 0 Å². The monoisotopic (exact) mass is 429 g/mol. The molecule has 1 fully saturated rings. The molecule has 2 rings (SSSR count). The molecule has 0 amide bonds. The summed E-state index contributed by atoms with van der Waals surface area (Å²) >= 11 is 0. The van der Waals surface area contributed by atoms with Crippen LogP contribution in [0.2, 0.25) is 0 Å². The minimum Gasteiger partial charge on any atom is -0.229 e. The van der Waals surface area contributed by atoms with Crippen LogP contribution in [-0.4, -0.2) is 45.7 Å². The van der Waals surface area contributed by atoms with Gasteiger partial charge < -0.3 is 0 Å². The van der Waals surface area contributed by atoms with Crippen LogP contribution in [0.15, 0.2) is 17.0 Å². The van der Waals surface area contributed by atoms with Crippen LogP contribution in [0.3, 0.4) is 0 Å². The second-order valence-corrected chi connectivity index (χ2v) is 13.1. The molecule has 7 heteroatoms. The maximum Gasteiger partial charge on any atom is 0.243 e. The Morgan fingerprint density at radius 3 is 1.57 bits per heavy atom. The van der Waals surface area contributed by atoms with Gasteiger partial charge in [-0.15, -0.1) is 0 Å². The minimum atomic E-state index is -3.69. The van der Waals surface area contributed by atoms with Crippen LogP contribution < -0.4 is 0 Å². The van der Waals surface area contributed by atoms with Crippen molar-refractivity contribution >= 4 is 19.9 Å². The van der Waals surface area contributed by atoms with Gasteiger partial charge in [-0.05, 0) is 47.3 Å². The Labute approximate surface area is 171 Å². The number of hydrogen-bond acceptors (Lipinski definition) is 4. The number of nitrogens with zero attached hydrogens (tertiary/aromatic N) is 1. The third-order valence-electron chi connectivity index (χ3n) is 5.68. The Morgan fingerprint density at radius 1 is 0.821 bits per heavy atom. The fourth-order valence-corrected chi connectivity index (χ4v) is 7.02. The minimum absolute atomic E-state index is 0.0783. The van der Waals surface area contributed by atoms with Crippen LogP contribution in [0.4, 0.5) is 0 Å². The Kier molecular flexibility index (Phi) is 7.04. The second-order valence-electron chi connectivity index (χ2n) is 8.93. The molecule has 0 aliphatic carbocycles. The molecule has 0 radical (unpaired) electrons. The molecule has 0 saturated carbocycles. The van der Waals surface area contributed by atoms with E-state index in [-0.39, 0.29) is 24.9 Å². The lowest BCUT2D eigenvalue weighted by Crippen LogP contribution is -2.42. The molecular weight excluding hydrogens is 394 g/mol. The largest absolute Gasteiger partial charge is 0.243 e. The molecule has 28 heavy (non-hydrogen) atoms. The molecule has 0 aromatic heterocycles. The smallest absolute Gasteiger partial charge is 0.229 e. The molecule has 0 atom stereocenters. The first kappa shape index (κ1) is 23.4. The summed E-state index contributed by atoms with van der Waals surface area (Å²) in [6.45, 7) is 12.8. The van der Waals surface area contributed by atoms with Gasteiger partial charge in [0.1, 0.15) is 9.84 Å². The van der Waals surface area contributed by atoms with E-state index >= 15 is 0 Å². The van der Waals surface area contributed by atoms with Gasteiger partial charge in [0, 0.05) is 19.3 Å². The third-order valence-corrected chi connectivity index (χ3v) is 9.40. The summed E-state index contributed by atoms with van der Waals surface area (Å²) in [6.07, 6.45) is 1.95. The van der Waals surface area contributed by atoms with Gasteiger partial charge in [0.2, 0.25) is 10.0 Å². The average Bonchev–Trinajstić information content (AvgIpc) is 2.59. The normalized spacial score (nSPS) is 17.8. The van der Waals surface area contributed by atoms with Crippen molar-refractivity contribution in [1.29, 1.82) is 0 Å². The molecule has 0 unspecified atom stereocenters. The first-order valence-electron chi connectivity index (χ1n) is 10.1. The van der Waals surface area contributed by atoms with Crippen LogP contribution in [0.25, 0.3) is 0 Å². The fourth-order valence-electron chi connectivity index (χ4n) is 3.82. The van der Waals surface area contributed by atoms with E-state index in [0.29, 0.717) is 23.7 Å². The maximum atomic E-state index is 13.7. The predicted octanol–water partition coefficient (Wildman–Crippen LogP) is 4.25. The lowest BCUT2D eigenvalue weighted by Gasteiger charge is -2.32. The Bertz CT molecular complexity index is 879. The van der Waals surface area contributed by atoms with Gasteiger partial charge in [0.05, 0.1) is 10.1 Å². The molecule has 160 valence electrons. The van der Waals surface area contributed by atoms with Crippen molar-refractivity contribution in [1.82, 2.24) is 4.31 Å². The molecule has 0 spiro atoms. The topological polar surface area (TPSA) is 71.5 Å². The number of sulfonamides is 1. The van der Waals surface area contributed by atoms with Crippen LogP contribution in [0.5, 0.6) is 0 Å². The van der Waals surface area contributed by atoms with Gasteiger partial charge in [0.25, 0.3) is 0 Å². The zero-order valence-electron chi connectivity index (χ0n) is 18.2. The summed E-state index contributed by atoms with van der Waals surface area (Å²) in [7, 11) is -6.83. The highest BCUT2D eigenvalue weighted by atomic mass is 32.2. The zero-order valence-corrected chi connectivity index (χ0v) is 19.8. The fraction of sp³-hybridized carbons (Fsp3) is 0.714. The van der Waals surface area contributed by atoms with Gasteiger partial charge in [-0.25, -0.2) is 16.8 Å². The number of hydrogen-bond donors (Lipinski definition) is 0. The Balaban J connectivity index is 2.56. The number of rotatable bonds is 6. The lowest BCUT2D eigenvalue weighted by atomic mass is 9.89. The zero-order chi connectivity index (χ0) is 21.4. The predicted molar refractivity (Wildman–Crippen MR) is 115 cm³/mol. The molecule has 0 bridgehead atoms. The SMILES string of the molecule is CC(C)c1cc(C(C)C)c(S(=O)(=O)N2CCC(S(C)(=O)=O)CC2)c(C(C)C)c1. The highest BCUT2D eigenvalue weighted by molar-refractivity contribution is 7.91. The van der Waals surface area contributed by atoms with Gasteiger partial charge >= 0.3 is 0 Å².